The van der Waals surface area contributed by atoms with Gasteiger partial charge in [-0.25, -0.2) is 9.97 Å². The van der Waals surface area contributed by atoms with Crippen molar-refractivity contribution in [2.75, 3.05) is 11.9 Å². The monoisotopic (exact) mass is 546 g/mol. The van der Waals surface area contributed by atoms with Crippen LogP contribution in [-0.4, -0.2) is 42.3 Å². The lowest BCUT2D eigenvalue weighted by atomic mass is 10.1. The number of aromatic nitrogens is 5. The minimum absolute atomic E-state index is 0.119. The van der Waals surface area contributed by atoms with Crippen LogP contribution in [0.3, 0.4) is 0 Å². The van der Waals surface area contributed by atoms with Gasteiger partial charge in [-0.05, 0) is 60.4 Å². The maximum absolute atomic E-state index is 13.0. The first-order chi connectivity index (χ1) is 20.1. The van der Waals surface area contributed by atoms with Gasteiger partial charge >= 0.3 is 0 Å². The number of hydrogen-bond acceptors (Lipinski definition) is 6. The summed E-state index contributed by atoms with van der Waals surface area (Å²) in [5, 5.41) is 13.6. The molecule has 6 rings (SSSR count). The normalized spacial score (nSPS) is 12.0. The number of aryl methyl sites for hydroxylation is 1. The number of anilines is 1. The molecule has 0 aliphatic carbocycles. The number of imidazole rings is 2. The van der Waals surface area contributed by atoms with Gasteiger partial charge in [0.05, 0.1) is 35.7 Å². The van der Waals surface area contributed by atoms with Gasteiger partial charge in [-0.15, -0.1) is 0 Å². The van der Waals surface area contributed by atoms with Crippen molar-refractivity contribution in [3.05, 3.63) is 125 Å². The van der Waals surface area contributed by atoms with Crippen LogP contribution in [-0.2, 0) is 13.0 Å². The molecule has 4 N–H and O–H groups in total. The Labute approximate surface area is 236 Å². The van der Waals surface area contributed by atoms with E-state index in [1.165, 1.54) is 0 Å². The van der Waals surface area contributed by atoms with Crippen molar-refractivity contribution in [3.8, 4) is 22.8 Å². The van der Waals surface area contributed by atoms with Crippen LogP contribution in [0.15, 0.2) is 103 Å². The second-order valence-corrected chi connectivity index (χ2v) is 9.96. The van der Waals surface area contributed by atoms with E-state index in [4.69, 9.17) is 9.72 Å². The van der Waals surface area contributed by atoms with Gasteiger partial charge in [-0.1, -0.05) is 42.5 Å². The Hall–Kier alpha value is -5.15. The number of nitrogens with one attached hydrogen (secondary N) is 3. The van der Waals surface area contributed by atoms with Gasteiger partial charge < -0.3 is 29.7 Å². The molecule has 0 saturated heterocycles. The number of benzene rings is 3. The fourth-order valence-corrected chi connectivity index (χ4v) is 4.91. The molecule has 1 atom stereocenters. The Kier molecular flexibility index (Phi) is 7.34. The molecule has 6 aromatic rings. The standard InChI is InChI=1S/C32H30N6O3/c1-21-15-25(38-14-13-33-20-38)17-28-30(21)37-31(36-28)29-27(11-12-34-32(29)40)35-24(18-39)16-22-7-9-26(10-8-22)41-19-23-5-3-2-4-6-23/h2-15,17,20,24,39H,16,18-19H2,1H3,(H,36,37)(H2,34,35,40). The number of fused-ring (bicyclic) bond motifs is 1. The number of rotatable bonds is 10. The zero-order valence-electron chi connectivity index (χ0n) is 22.5. The number of aliphatic hydroxyl groups is 1. The molecule has 9 nitrogen and oxygen atoms in total. The van der Waals surface area contributed by atoms with Crippen LogP contribution in [0.5, 0.6) is 5.75 Å². The summed E-state index contributed by atoms with van der Waals surface area (Å²) in [6.45, 7) is 2.37. The molecule has 0 spiro atoms. The summed E-state index contributed by atoms with van der Waals surface area (Å²) in [7, 11) is 0. The largest absolute Gasteiger partial charge is 0.489 e. The average Bonchev–Trinajstić information content (AvgIpc) is 3.68. The molecule has 0 radical (unpaired) electrons. The summed E-state index contributed by atoms with van der Waals surface area (Å²) < 4.78 is 7.82. The molecule has 0 aliphatic heterocycles. The predicted octanol–water partition coefficient (Wildman–Crippen LogP) is 5.01. The number of nitrogens with zero attached hydrogens (tertiary/aromatic N) is 3. The number of aliphatic hydroxyl groups excluding tert-OH is 1. The van der Waals surface area contributed by atoms with E-state index in [2.05, 4.69) is 20.3 Å². The second-order valence-electron chi connectivity index (χ2n) is 9.96. The van der Waals surface area contributed by atoms with Crippen LogP contribution < -0.4 is 15.6 Å². The molecule has 3 aromatic heterocycles. The zero-order valence-corrected chi connectivity index (χ0v) is 22.5. The van der Waals surface area contributed by atoms with Crippen molar-refractivity contribution in [1.82, 2.24) is 24.5 Å². The van der Waals surface area contributed by atoms with Crippen molar-refractivity contribution < 1.29 is 9.84 Å². The molecule has 41 heavy (non-hydrogen) atoms. The van der Waals surface area contributed by atoms with E-state index in [0.29, 0.717) is 30.1 Å². The van der Waals surface area contributed by atoms with Gasteiger partial charge in [0.1, 0.15) is 23.7 Å². The van der Waals surface area contributed by atoms with E-state index in [1.54, 1.807) is 24.8 Å². The SMILES string of the molecule is Cc1cc(-n2ccnc2)cc2[nH]c(-c3c(NC(CO)Cc4ccc(OCc5ccccc5)cc4)cc[nH]c3=O)nc12. The summed E-state index contributed by atoms with van der Waals surface area (Å²) in [5.41, 5.74) is 6.34. The summed E-state index contributed by atoms with van der Waals surface area (Å²) in [4.78, 5) is 28.0. The molecular weight excluding hydrogens is 516 g/mol. The van der Waals surface area contributed by atoms with Crippen LogP contribution in [0.4, 0.5) is 5.69 Å². The van der Waals surface area contributed by atoms with Crippen LogP contribution in [0.1, 0.15) is 16.7 Å². The number of ether oxygens (including phenoxy) is 1. The quantitative estimate of drug-likeness (QED) is 0.192. The highest BCUT2D eigenvalue weighted by Gasteiger charge is 2.18. The highest BCUT2D eigenvalue weighted by atomic mass is 16.5. The Morgan fingerprint density at radius 1 is 1.05 bits per heavy atom. The third-order valence-electron chi connectivity index (χ3n) is 7.00. The van der Waals surface area contributed by atoms with Gasteiger partial charge in [0, 0.05) is 24.3 Å². The fourth-order valence-electron chi connectivity index (χ4n) is 4.91. The van der Waals surface area contributed by atoms with Gasteiger partial charge in [-0.2, -0.15) is 0 Å². The minimum Gasteiger partial charge on any atom is -0.489 e. The molecular formula is C32H30N6O3. The predicted molar refractivity (Wildman–Crippen MR) is 159 cm³/mol. The van der Waals surface area contributed by atoms with E-state index in [1.807, 2.05) is 84.4 Å². The first-order valence-electron chi connectivity index (χ1n) is 13.4. The molecule has 0 amide bonds. The molecule has 3 heterocycles. The minimum atomic E-state index is -0.328. The molecule has 206 valence electrons. The Balaban J connectivity index is 1.21. The molecule has 3 aromatic carbocycles. The van der Waals surface area contributed by atoms with Crippen LogP contribution in [0, 0.1) is 6.92 Å². The lowest BCUT2D eigenvalue weighted by Gasteiger charge is -2.19. The topological polar surface area (TPSA) is 121 Å². The highest BCUT2D eigenvalue weighted by Crippen LogP contribution is 2.28. The van der Waals surface area contributed by atoms with E-state index >= 15 is 0 Å². The lowest BCUT2D eigenvalue weighted by molar-refractivity contribution is 0.273. The summed E-state index contributed by atoms with van der Waals surface area (Å²) in [6, 6.07) is 23.3. The van der Waals surface area contributed by atoms with Crippen molar-refractivity contribution in [2.45, 2.75) is 26.0 Å². The van der Waals surface area contributed by atoms with Crippen molar-refractivity contribution in [3.63, 3.8) is 0 Å². The maximum atomic E-state index is 13.0. The van der Waals surface area contributed by atoms with Gasteiger partial charge in [0.25, 0.3) is 5.56 Å². The third kappa shape index (κ3) is 5.75. The van der Waals surface area contributed by atoms with Gasteiger partial charge in [-0.3, -0.25) is 4.79 Å². The van der Waals surface area contributed by atoms with Crippen molar-refractivity contribution in [2.24, 2.45) is 0 Å². The maximum Gasteiger partial charge on any atom is 0.261 e. The number of pyridine rings is 1. The molecule has 0 saturated carbocycles. The first-order valence-corrected chi connectivity index (χ1v) is 13.4. The lowest BCUT2D eigenvalue weighted by Crippen LogP contribution is -2.28. The zero-order chi connectivity index (χ0) is 28.2. The molecule has 0 aliphatic rings. The number of hydrogen-bond donors (Lipinski definition) is 4. The van der Waals surface area contributed by atoms with Gasteiger partial charge in [0.2, 0.25) is 0 Å². The van der Waals surface area contributed by atoms with Crippen LogP contribution >= 0.6 is 0 Å². The van der Waals surface area contributed by atoms with Crippen molar-refractivity contribution >= 4 is 16.7 Å². The molecule has 0 fully saturated rings. The van der Waals surface area contributed by atoms with E-state index in [-0.39, 0.29) is 18.2 Å². The van der Waals surface area contributed by atoms with E-state index in [9.17, 15) is 9.90 Å². The second kappa shape index (κ2) is 11.5. The smallest absolute Gasteiger partial charge is 0.261 e. The van der Waals surface area contributed by atoms with E-state index < -0.39 is 0 Å². The first kappa shape index (κ1) is 26.1. The van der Waals surface area contributed by atoms with Crippen LogP contribution in [0.25, 0.3) is 28.1 Å². The number of H-pyrrole nitrogens is 2. The van der Waals surface area contributed by atoms with E-state index in [0.717, 1.165) is 39.2 Å². The number of aromatic amines is 2. The Morgan fingerprint density at radius 2 is 1.88 bits per heavy atom. The third-order valence-corrected chi connectivity index (χ3v) is 7.00. The molecule has 0 bridgehead atoms. The van der Waals surface area contributed by atoms with Gasteiger partial charge in [0.15, 0.2) is 0 Å². The molecule has 9 heteroatoms. The highest BCUT2D eigenvalue weighted by molar-refractivity contribution is 5.86. The summed E-state index contributed by atoms with van der Waals surface area (Å²) in [6.07, 6.45) is 7.48. The summed E-state index contributed by atoms with van der Waals surface area (Å²) in [5.74, 6) is 1.23. The Bertz CT molecular complexity index is 1810. The summed E-state index contributed by atoms with van der Waals surface area (Å²) >= 11 is 0. The van der Waals surface area contributed by atoms with Crippen molar-refractivity contribution in [1.29, 1.82) is 0 Å². The fraction of sp³-hybridized carbons (Fsp3) is 0.156. The Morgan fingerprint density at radius 3 is 2.63 bits per heavy atom. The average molecular weight is 547 g/mol. The molecule has 1 unspecified atom stereocenters. The van der Waals surface area contributed by atoms with Crippen LogP contribution in [0.2, 0.25) is 0 Å².